The van der Waals surface area contributed by atoms with E-state index in [1.807, 2.05) is 25.1 Å². The van der Waals surface area contributed by atoms with Crippen molar-refractivity contribution in [2.75, 3.05) is 0 Å². The second kappa shape index (κ2) is 6.10. The molecule has 1 unspecified atom stereocenters. The highest BCUT2D eigenvalue weighted by molar-refractivity contribution is 9.10. The molecule has 1 fully saturated rings. The molecule has 0 amide bonds. The predicted molar refractivity (Wildman–Crippen MR) is 82.8 cm³/mol. The van der Waals surface area contributed by atoms with E-state index in [-0.39, 0.29) is 5.92 Å². The Morgan fingerprint density at radius 3 is 3.00 bits per heavy atom. The zero-order valence-corrected chi connectivity index (χ0v) is 13.5. The molecule has 3 rings (SSSR count). The molecule has 1 heterocycles. The highest BCUT2D eigenvalue weighted by Gasteiger charge is 2.25. The summed E-state index contributed by atoms with van der Waals surface area (Å²) in [5.74, 6) is 1.50. The Morgan fingerprint density at radius 1 is 1.38 bits per heavy atom. The van der Waals surface area contributed by atoms with E-state index in [4.69, 9.17) is 4.52 Å². The van der Waals surface area contributed by atoms with E-state index in [0.717, 1.165) is 29.3 Å². The monoisotopic (exact) mass is 348 g/mol. The second-order valence-electron chi connectivity index (χ2n) is 5.61. The van der Waals surface area contributed by atoms with Crippen LogP contribution in [0.15, 0.2) is 27.2 Å². The van der Waals surface area contributed by atoms with Gasteiger partial charge in [-0.25, -0.2) is 0 Å². The van der Waals surface area contributed by atoms with E-state index in [9.17, 15) is 4.79 Å². The molecule has 0 N–H and O–H groups in total. The molecule has 21 heavy (non-hydrogen) atoms. The van der Waals surface area contributed by atoms with Crippen molar-refractivity contribution in [2.24, 2.45) is 5.92 Å². The first-order chi connectivity index (χ1) is 10.1. The Morgan fingerprint density at radius 2 is 2.24 bits per heavy atom. The Hall–Kier alpha value is -1.49. The fraction of sp³-hybridized carbons (Fsp3) is 0.438. The summed E-state index contributed by atoms with van der Waals surface area (Å²) in [5, 5.41) is 4.04. The van der Waals surface area contributed by atoms with Crippen LogP contribution in [0, 0.1) is 12.8 Å². The summed E-state index contributed by atoms with van der Waals surface area (Å²) in [5.41, 5.74) is 2.08. The zero-order chi connectivity index (χ0) is 14.8. The number of Topliss-reactive ketones (excluding diaryl/α,β-unsaturated/α-hetero) is 1. The summed E-state index contributed by atoms with van der Waals surface area (Å²) in [6, 6.07) is 6.01. The van der Waals surface area contributed by atoms with Crippen molar-refractivity contribution in [2.45, 2.75) is 39.0 Å². The third kappa shape index (κ3) is 3.23. The third-order valence-corrected chi connectivity index (χ3v) is 4.59. The molecule has 5 heteroatoms. The summed E-state index contributed by atoms with van der Waals surface area (Å²) in [4.78, 5) is 16.3. The average Bonchev–Trinajstić information content (AvgIpc) is 2.90. The molecule has 1 aromatic carbocycles. The molecule has 2 aromatic rings. The lowest BCUT2D eigenvalue weighted by Crippen LogP contribution is -2.21. The van der Waals surface area contributed by atoms with Gasteiger partial charge in [-0.05, 0) is 37.5 Å². The van der Waals surface area contributed by atoms with E-state index in [1.54, 1.807) is 0 Å². The standard InChI is InChI=1S/C16H17BrN2O2/c1-10-6-7-12(13(17)8-10)16-18-15(21-19-16)9-11-4-2-3-5-14(11)20/h6-8,11H,2-5,9H2,1H3. The summed E-state index contributed by atoms with van der Waals surface area (Å²) in [6.07, 6.45) is 4.32. The number of aryl methyl sites for hydroxylation is 1. The van der Waals surface area contributed by atoms with Gasteiger partial charge in [0.1, 0.15) is 5.78 Å². The lowest BCUT2D eigenvalue weighted by molar-refractivity contribution is -0.124. The van der Waals surface area contributed by atoms with Crippen LogP contribution in [0.25, 0.3) is 11.4 Å². The van der Waals surface area contributed by atoms with Crippen LogP contribution >= 0.6 is 15.9 Å². The topological polar surface area (TPSA) is 56.0 Å². The van der Waals surface area contributed by atoms with E-state index >= 15 is 0 Å². The number of hydrogen-bond donors (Lipinski definition) is 0. The van der Waals surface area contributed by atoms with Gasteiger partial charge in [0.25, 0.3) is 0 Å². The van der Waals surface area contributed by atoms with E-state index in [2.05, 4.69) is 26.1 Å². The van der Waals surface area contributed by atoms with Crippen molar-refractivity contribution >= 4 is 21.7 Å². The van der Waals surface area contributed by atoms with Crippen LogP contribution in [0.3, 0.4) is 0 Å². The Bertz CT molecular complexity index is 666. The first kappa shape index (κ1) is 14.4. The Kier molecular flexibility index (Phi) is 4.19. The summed E-state index contributed by atoms with van der Waals surface area (Å²) >= 11 is 3.53. The van der Waals surface area contributed by atoms with Crippen LogP contribution in [0.1, 0.15) is 37.1 Å². The molecule has 0 aliphatic heterocycles. The first-order valence-electron chi connectivity index (χ1n) is 7.25. The van der Waals surface area contributed by atoms with Crippen LogP contribution < -0.4 is 0 Å². The molecule has 0 spiro atoms. The van der Waals surface area contributed by atoms with Crippen molar-refractivity contribution in [3.05, 3.63) is 34.1 Å². The van der Waals surface area contributed by atoms with Crippen molar-refractivity contribution in [1.82, 2.24) is 10.1 Å². The van der Waals surface area contributed by atoms with Gasteiger partial charge in [0.05, 0.1) is 0 Å². The molecule has 110 valence electrons. The Labute approximate surface area is 132 Å². The number of carbonyl (C=O) groups is 1. The molecule has 1 saturated carbocycles. The summed E-state index contributed by atoms with van der Waals surface area (Å²) in [7, 11) is 0. The van der Waals surface area contributed by atoms with Gasteiger partial charge in [0.15, 0.2) is 0 Å². The second-order valence-corrected chi connectivity index (χ2v) is 6.46. The molecule has 1 atom stereocenters. The number of hydrogen-bond acceptors (Lipinski definition) is 4. The number of aromatic nitrogens is 2. The minimum absolute atomic E-state index is 0.0495. The van der Waals surface area contributed by atoms with E-state index in [1.165, 1.54) is 5.56 Å². The lowest BCUT2D eigenvalue weighted by atomic mass is 9.86. The van der Waals surface area contributed by atoms with Gasteiger partial charge in [-0.3, -0.25) is 4.79 Å². The quantitative estimate of drug-likeness (QED) is 0.837. The summed E-state index contributed by atoms with van der Waals surface area (Å²) in [6.45, 7) is 2.03. The van der Waals surface area contributed by atoms with Crippen LogP contribution in [-0.4, -0.2) is 15.9 Å². The first-order valence-corrected chi connectivity index (χ1v) is 8.04. The molecule has 1 aliphatic carbocycles. The third-order valence-electron chi connectivity index (χ3n) is 3.94. The van der Waals surface area contributed by atoms with Crippen molar-refractivity contribution in [3.63, 3.8) is 0 Å². The average molecular weight is 349 g/mol. The lowest BCUT2D eigenvalue weighted by Gasteiger charge is -2.18. The van der Waals surface area contributed by atoms with Gasteiger partial charge < -0.3 is 4.52 Å². The zero-order valence-electron chi connectivity index (χ0n) is 11.9. The largest absolute Gasteiger partial charge is 0.339 e. The molecular weight excluding hydrogens is 332 g/mol. The molecule has 1 aromatic heterocycles. The maximum absolute atomic E-state index is 11.9. The molecule has 4 nitrogen and oxygen atoms in total. The van der Waals surface area contributed by atoms with Gasteiger partial charge in [-0.2, -0.15) is 4.98 Å². The van der Waals surface area contributed by atoms with Crippen LogP contribution in [0.2, 0.25) is 0 Å². The highest BCUT2D eigenvalue weighted by Crippen LogP contribution is 2.28. The van der Waals surface area contributed by atoms with Crippen LogP contribution in [0.4, 0.5) is 0 Å². The van der Waals surface area contributed by atoms with Crippen molar-refractivity contribution in [3.8, 4) is 11.4 Å². The smallest absolute Gasteiger partial charge is 0.227 e. The normalized spacial score (nSPS) is 19.0. The maximum atomic E-state index is 11.9. The van der Waals surface area contributed by atoms with E-state index < -0.39 is 0 Å². The predicted octanol–water partition coefficient (Wildman–Crippen LogP) is 4.11. The minimum Gasteiger partial charge on any atom is -0.339 e. The van der Waals surface area contributed by atoms with Crippen molar-refractivity contribution < 1.29 is 9.32 Å². The number of carbonyl (C=O) groups excluding carboxylic acids is 1. The van der Waals surface area contributed by atoms with Gasteiger partial charge in [-0.1, -0.05) is 33.6 Å². The summed E-state index contributed by atoms with van der Waals surface area (Å²) < 4.78 is 6.27. The van der Waals surface area contributed by atoms with Crippen molar-refractivity contribution in [1.29, 1.82) is 0 Å². The molecule has 0 radical (unpaired) electrons. The number of ketones is 1. The number of rotatable bonds is 3. The van der Waals surface area contributed by atoms with Crippen LogP contribution in [0.5, 0.6) is 0 Å². The van der Waals surface area contributed by atoms with Gasteiger partial charge in [0, 0.05) is 28.8 Å². The minimum atomic E-state index is 0.0495. The molecule has 1 aliphatic rings. The highest BCUT2D eigenvalue weighted by atomic mass is 79.9. The fourth-order valence-electron chi connectivity index (χ4n) is 2.73. The van der Waals surface area contributed by atoms with Crippen LogP contribution in [-0.2, 0) is 11.2 Å². The fourth-order valence-corrected chi connectivity index (χ4v) is 3.40. The SMILES string of the molecule is Cc1ccc(-c2noc(CC3CCCCC3=O)n2)c(Br)c1. The number of benzene rings is 1. The maximum Gasteiger partial charge on any atom is 0.227 e. The molecule has 0 saturated heterocycles. The number of halogens is 1. The van der Waals surface area contributed by atoms with Gasteiger partial charge in [0.2, 0.25) is 11.7 Å². The Balaban J connectivity index is 1.78. The van der Waals surface area contributed by atoms with E-state index in [0.29, 0.717) is 30.3 Å². The number of nitrogens with zero attached hydrogens (tertiary/aromatic N) is 2. The van der Waals surface area contributed by atoms with Gasteiger partial charge in [-0.15, -0.1) is 0 Å². The van der Waals surface area contributed by atoms with Gasteiger partial charge >= 0.3 is 0 Å². The molecule has 0 bridgehead atoms. The molecular formula is C16H17BrN2O2.